The zero-order valence-corrected chi connectivity index (χ0v) is 26.0. The second kappa shape index (κ2) is 13.7. The van der Waals surface area contributed by atoms with Gasteiger partial charge in [-0.25, -0.2) is 10.2 Å². The Labute approximate surface area is 269 Å². The Bertz CT molecular complexity index is 1770. The van der Waals surface area contributed by atoms with Gasteiger partial charge in [0.1, 0.15) is 0 Å². The molecule has 2 N–H and O–H groups in total. The van der Waals surface area contributed by atoms with Crippen molar-refractivity contribution in [3.05, 3.63) is 126 Å². The van der Waals surface area contributed by atoms with Crippen LogP contribution in [0.15, 0.2) is 92.9 Å². The summed E-state index contributed by atoms with van der Waals surface area (Å²) in [6.07, 6.45) is -3.35. The van der Waals surface area contributed by atoms with Crippen molar-refractivity contribution < 1.29 is 32.3 Å². The number of carbonyl (C=O) groups excluding carboxylic acids is 3. The summed E-state index contributed by atoms with van der Waals surface area (Å²) in [7, 11) is 0. The minimum Gasteiger partial charge on any atom is -0.421 e. The van der Waals surface area contributed by atoms with Gasteiger partial charge in [-0.3, -0.25) is 9.59 Å². The Kier molecular flexibility index (Phi) is 10.3. The lowest BCUT2D eigenvalue weighted by Crippen LogP contribution is -2.19. The van der Waals surface area contributed by atoms with Gasteiger partial charge in [0.15, 0.2) is 5.75 Å². The van der Waals surface area contributed by atoms with Crippen molar-refractivity contribution in [3.8, 4) is 5.75 Å². The molecule has 0 saturated heterocycles. The second-order valence-electron chi connectivity index (χ2n) is 8.63. The molecule has 220 valence electrons. The molecule has 0 radical (unpaired) electrons. The molecule has 4 aromatic rings. The number of rotatable bonds is 7. The maximum Gasteiger partial charge on any atom is 0.416 e. The monoisotopic (exact) mass is 755 g/mol. The molecule has 2 amide bonds. The number of alkyl halides is 3. The zero-order chi connectivity index (χ0) is 31.3. The van der Waals surface area contributed by atoms with Crippen LogP contribution in [-0.4, -0.2) is 24.0 Å². The molecule has 0 bridgehead atoms. The number of hydrogen-bond donors (Lipinski definition) is 2. The van der Waals surface area contributed by atoms with E-state index >= 15 is 0 Å². The Balaban J connectivity index is 1.47. The molecule has 0 saturated carbocycles. The Morgan fingerprint density at radius 2 is 1.56 bits per heavy atom. The fourth-order valence-corrected chi connectivity index (χ4v) is 5.41. The number of hydrazone groups is 1. The number of hydrogen-bond acceptors (Lipinski definition) is 5. The molecule has 43 heavy (non-hydrogen) atoms. The van der Waals surface area contributed by atoms with E-state index < -0.39 is 29.5 Å². The predicted molar refractivity (Wildman–Crippen MR) is 164 cm³/mol. The highest BCUT2D eigenvalue weighted by Crippen LogP contribution is 2.34. The lowest BCUT2D eigenvalue weighted by molar-refractivity contribution is -0.137. The third kappa shape index (κ3) is 8.44. The van der Waals surface area contributed by atoms with E-state index in [1.165, 1.54) is 54.7 Å². The third-order valence-electron chi connectivity index (χ3n) is 5.59. The van der Waals surface area contributed by atoms with Crippen LogP contribution >= 0.6 is 55.1 Å². The zero-order valence-electron chi connectivity index (χ0n) is 21.3. The van der Waals surface area contributed by atoms with Gasteiger partial charge in [0.05, 0.1) is 26.8 Å². The number of carbonyl (C=O) groups is 3. The average molecular weight is 758 g/mol. The smallest absolute Gasteiger partial charge is 0.416 e. The van der Waals surface area contributed by atoms with E-state index in [9.17, 15) is 27.6 Å². The molecular formula is C29H16Br2Cl2F3N3O4. The summed E-state index contributed by atoms with van der Waals surface area (Å²) in [5, 5.41) is 6.86. The highest BCUT2D eigenvalue weighted by molar-refractivity contribution is 9.11. The van der Waals surface area contributed by atoms with E-state index in [0.717, 1.165) is 18.2 Å². The lowest BCUT2D eigenvalue weighted by atomic mass is 10.1. The molecule has 0 unspecified atom stereocenters. The molecule has 0 aliphatic rings. The van der Waals surface area contributed by atoms with Gasteiger partial charge in [0.25, 0.3) is 11.8 Å². The molecule has 0 aliphatic carbocycles. The number of halogens is 7. The van der Waals surface area contributed by atoms with Gasteiger partial charge in [-0.1, -0.05) is 51.3 Å². The highest BCUT2D eigenvalue weighted by Gasteiger charge is 2.31. The van der Waals surface area contributed by atoms with Crippen LogP contribution in [0, 0.1) is 0 Å². The molecular weight excluding hydrogens is 742 g/mol. The largest absolute Gasteiger partial charge is 0.421 e. The normalized spacial score (nSPS) is 11.3. The van der Waals surface area contributed by atoms with Gasteiger partial charge in [-0.2, -0.15) is 18.3 Å². The first-order chi connectivity index (χ1) is 20.3. The van der Waals surface area contributed by atoms with E-state index in [0.29, 0.717) is 19.5 Å². The van der Waals surface area contributed by atoms with E-state index in [1.54, 1.807) is 12.1 Å². The van der Waals surface area contributed by atoms with Gasteiger partial charge in [0, 0.05) is 31.9 Å². The van der Waals surface area contributed by atoms with E-state index in [4.69, 9.17) is 27.9 Å². The van der Waals surface area contributed by atoms with E-state index in [2.05, 4.69) is 47.7 Å². The Hall–Kier alpha value is -3.71. The molecule has 0 fully saturated rings. The summed E-state index contributed by atoms with van der Waals surface area (Å²) in [6.45, 7) is 0. The molecule has 4 rings (SSSR count). The highest BCUT2D eigenvalue weighted by atomic mass is 79.9. The van der Waals surface area contributed by atoms with Crippen LogP contribution in [0.2, 0.25) is 10.0 Å². The van der Waals surface area contributed by atoms with Crippen molar-refractivity contribution in [1.29, 1.82) is 0 Å². The molecule has 4 aromatic carbocycles. The van der Waals surface area contributed by atoms with Crippen molar-refractivity contribution in [3.63, 3.8) is 0 Å². The minimum atomic E-state index is -4.60. The topological polar surface area (TPSA) is 96.9 Å². The van der Waals surface area contributed by atoms with E-state index in [-0.39, 0.29) is 33.1 Å². The van der Waals surface area contributed by atoms with Crippen molar-refractivity contribution in [2.45, 2.75) is 6.18 Å². The SMILES string of the molecule is O=C(NN=Cc1cc(Br)cc(Br)c1OC(=O)c1ccc(Cl)cc1Cl)c1cccc(NC(=O)c2cccc(C(F)(F)F)c2)c1. The molecule has 0 spiro atoms. The first-order valence-corrected chi connectivity index (χ1v) is 14.2. The fourth-order valence-electron chi connectivity index (χ4n) is 3.59. The average Bonchev–Trinajstić information content (AvgIpc) is 2.94. The van der Waals surface area contributed by atoms with Gasteiger partial charge in [0.2, 0.25) is 0 Å². The first kappa shape index (κ1) is 32.2. The van der Waals surface area contributed by atoms with Crippen molar-refractivity contribution in [1.82, 2.24) is 5.43 Å². The quantitative estimate of drug-likeness (QED) is 0.0853. The van der Waals surface area contributed by atoms with Gasteiger partial charge in [-0.05, 0) is 82.7 Å². The number of nitrogens with zero attached hydrogens (tertiary/aromatic N) is 1. The number of esters is 1. The van der Waals surface area contributed by atoms with Crippen LogP contribution in [-0.2, 0) is 6.18 Å². The predicted octanol–water partition coefficient (Wildman–Crippen LogP) is 8.77. The summed E-state index contributed by atoms with van der Waals surface area (Å²) in [4.78, 5) is 38.1. The molecule has 14 heteroatoms. The van der Waals surface area contributed by atoms with Crippen molar-refractivity contribution in [2.75, 3.05) is 5.32 Å². The summed E-state index contributed by atoms with van der Waals surface area (Å²) in [5.41, 5.74) is 1.82. The van der Waals surface area contributed by atoms with Crippen LogP contribution in [0.25, 0.3) is 0 Å². The van der Waals surface area contributed by atoms with Crippen LogP contribution in [0.4, 0.5) is 18.9 Å². The number of nitrogens with one attached hydrogen (secondary N) is 2. The van der Waals surface area contributed by atoms with Crippen molar-refractivity contribution in [2.24, 2.45) is 5.10 Å². The molecule has 0 heterocycles. The first-order valence-electron chi connectivity index (χ1n) is 11.9. The minimum absolute atomic E-state index is 0.0807. The Morgan fingerprint density at radius 3 is 2.26 bits per heavy atom. The van der Waals surface area contributed by atoms with Crippen LogP contribution in [0.1, 0.15) is 42.2 Å². The van der Waals surface area contributed by atoms with Crippen molar-refractivity contribution >= 4 is 84.7 Å². The molecule has 0 aliphatic heterocycles. The summed E-state index contributed by atoms with van der Waals surface area (Å²) < 4.78 is 45.6. The molecule has 7 nitrogen and oxygen atoms in total. The fraction of sp³-hybridized carbons (Fsp3) is 0.0345. The van der Waals surface area contributed by atoms with Gasteiger partial charge in [-0.15, -0.1) is 0 Å². The molecule has 0 aromatic heterocycles. The lowest BCUT2D eigenvalue weighted by Gasteiger charge is -2.11. The summed E-state index contributed by atoms with van der Waals surface area (Å²) in [5.74, 6) is -2.11. The van der Waals surface area contributed by atoms with Crippen LogP contribution in [0.3, 0.4) is 0 Å². The second-order valence-corrected chi connectivity index (χ2v) is 11.2. The number of ether oxygens (including phenoxy) is 1. The number of benzene rings is 4. The standard InChI is InChI=1S/C29H16Br2Cl2F3N3O4/c30-19-10-17(25(23(31)12-19)43-28(42)22-8-7-20(32)13-24(22)33)14-37-39-27(41)16-4-2-6-21(11-16)38-26(40)15-3-1-5-18(9-15)29(34,35)36/h1-14H,(H,38,40)(H,39,41). The number of amides is 2. The van der Waals surface area contributed by atoms with Crippen LogP contribution in [0.5, 0.6) is 5.75 Å². The maximum atomic E-state index is 13.0. The summed E-state index contributed by atoms with van der Waals surface area (Å²) in [6, 6.07) is 17.2. The third-order valence-corrected chi connectivity index (χ3v) is 7.18. The van der Waals surface area contributed by atoms with Gasteiger partial charge < -0.3 is 10.1 Å². The van der Waals surface area contributed by atoms with Gasteiger partial charge >= 0.3 is 12.1 Å². The van der Waals surface area contributed by atoms with Crippen LogP contribution < -0.4 is 15.5 Å². The number of anilines is 1. The van der Waals surface area contributed by atoms with E-state index in [1.807, 2.05) is 0 Å². The maximum absolute atomic E-state index is 13.0. The molecule has 0 atom stereocenters. The Morgan fingerprint density at radius 1 is 0.860 bits per heavy atom. The summed E-state index contributed by atoms with van der Waals surface area (Å²) >= 11 is 18.7.